The van der Waals surface area contributed by atoms with Crippen molar-refractivity contribution in [3.63, 3.8) is 0 Å². The van der Waals surface area contributed by atoms with Crippen LogP contribution in [0.2, 0.25) is 0 Å². The summed E-state index contributed by atoms with van der Waals surface area (Å²) in [6, 6.07) is -0.858. The van der Waals surface area contributed by atoms with Crippen LogP contribution in [0.4, 0.5) is 0 Å². The average molecular weight is 843 g/mol. The Morgan fingerprint density at radius 1 is 0.483 bits per heavy atom. The molecule has 0 aromatic carbocycles. The van der Waals surface area contributed by atoms with E-state index in [0.717, 1.165) is 83.5 Å². The third kappa shape index (κ3) is 43.7. The van der Waals surface area contributed by atoms with Gasteiger partial charge in [-0.2, -0.15) is 0 Å². The molecule has 0 aliphatic heterocycles. The number of ether oxygens (including phenoxy) is 1. The number of nitrogens with two attached hydrogens (primary N) is 1. The first kappa shape index (κ1) is 57.6. The van der Waals surface area contributed by atoms with Gasteiger partial charge in [-0.3, -0.25) is 9.59 Å². The SMILES string of the molecule is CCCCC/C=C\C/C=C\C/C=C\CCCCCCCCC(=O)OC(CCCCCCCCCCCCCCCCC)CCCCCCCC(=O)NC(CCCN)C(=O)O. The lowest BCUT2D eigenvalue weighted by molar-refractivity contribution is -0.150. The predicted octanol–water partition coefficient (Wildman–Crippen LogP) is 15.3. The van der Waals surface area contributed by atoms with Gasteiger partial charge in [0.2, 0.25) is 5.91 Å². The zero-order chi connectivity index (χ0) is 43.8. The molecule has 0 bridgehead atoms. The number of unbranched alkanes of at least 4 members (excludes halogenated alkanes) is 27. The minimum Gasteiger partial charge on any atom is -0.480 e. The molecule has 0 spiro atoms. The highest BCUT2D eigenvalue weighted by atomic mass is 16.5. The molecule has 0 radical (unpaired) electrons. The molecule has 2 atom stereocenters. The van der Waals surface area contributed by atoms with Gasteiger partial charge in [0.15, 0.2) is 0 Å². The van der Waals surface area contributed by atoms with Crippen molar-refractivity contribution in [3.8, 4) is 0 Å². The number of rotatable bonds is 47. The fourth-order valence-corrected chi connectivity index (χ4v) is 7.81. The third-order valence-electron chi connectivity index (χ3n) is 11.7. The number of nitrogens with one attached hydrogen (secondary N) is 1. The maximum atomic E-state index is 12.9. The summed E-state index contributed by atoms with van der Waals surface area (Å²) in [5, 5.41) is 12.0. The van der Waals surface area contributed by atoms with Crippen LogP contribution in [0.3, 0.4) is 0 Å². The van der Waals surface area contributed by atoms with Crippen molar-refractivity contribution in [2.24, 2.45) is 5.73 Å². The van der Waals surface area contributed by atoms with Crippen LogP contribution in [0.5, 0.6) is 0 Å². The summed E-state index contributed by atoms with van der Waals surface area (Å²) in [4.78, 5) is 36.6. The largest absolute Gasteiger partial charge is 0.480 e. The zero-order valence-corrected chi connectivity index (χ0v) is 39.6. The first-order valence-electron chi connectivity index (χ1n) is 25.8. The molecule has 0 fully saturated rings. The van der Waals surface area contributed by atoms with Gasteiger partial charge in [-0.15, -0.1) is 0 Å². The molecule has 7 nitrogen and oxygen atoms in total. The number of carboxylic acid groups (broad SMARTS) is 1. The Kier molecular flexibility index (Phi) is 45.7. The smallest absolute Gasteiger partial charge is 0.326 e. The van der Waals surface area contributed by atoms with Gasteiger partial charge in [-0.05, 0) is 96.4 Å². The van der Waals surface area contributed by atoms with E-state index in [1.165, 1.54) is 141 Å². The van der Waals surface area contributed by atoms with Crippen LogP contribution in [0, 0.1) is 0 Å². The second-order valence-corrected chi connectivity index (χ2v) is 17.6. The standard InChI is InChI=1S/C53H98N2O5/c1-3-5-7-9-11-13-15-17-19-20-21-22-24-26-28-30-32-37-41-47-52(57)60-49(43-38-34-31-29-27-25-23-18-16-14-12-10-8-6-4-2)44-39-35-33-36-40-46-51(56)55-50(53(58)59)45-42-48-54/h11,13,17,19,21-22,49-50H,3-10,12,14-16,18,20,23-48,54H2,1-2H3,(H,55,56)(H,58,59)/b13-11-,19-17-,22-21-. The van der Waals surface area contributed by atoms with Crippen LogP contribution >= 0.6 is 0 Å². The van der Waals surface area contributed by atoms with Gasteiger partial charge in [0.1, 0.15) is 12.1 Å². The van der Waals surface area contributed by atoms with E-state index >= 15 is 0 Å². The number of esters is 1. The molecule has 60 heavy (non-hydrogen) atoms. The molecule has 0 aliphatic rings. The van der Waals surface area contributed by atoms with Gasteiger partial charge in [0, 0.05) is 12.8 Å². The summed E-state index contributed by atoms with van der Waals surface area (Å²) in [7, 11) is 0. The Bertz CT molecular complexity index is 1040. The van der Waals surface area contributed by atoms with Crippen molar-refractivity contribution >= 4 is 17.8 Å². The number of carboxylic acids is 1. The van der Waals surface area contributed by atoms with Crippen molar-refractivity contribution in [2.75, 3.05) is 6.54 Å². The lowest BCUT2D eigenvalue weighted by Gasteiger charge is -2.18. The van der Waals surface area contributed by atoms with E-state index in [9.17, 15) is 19.5 Å². The van der Waals surface area contributed by atoms with Gasteiger partial charge in [0.05, 0.1) is 0 Å². The molecule has 0 aliphatic carbocycles. The van der Waals surface area contributed by atoms with E-state index in [1.807, 2.05) is 0 Å². The molecule has 2 unspecified atom stereocenters. The van der Waals surface area contributed by atoms with E-state index in [0.29, 0.717) is 32.2 Å². The topological polar surface area (TPSA) is 119 Å². The molecule has 0 saturated carbocycles. The maximum absolute atomic E-state index is 12.9. The quantitative estimate of drug-likeness (QED) is 0.0319. The van der Waals surface area contributed by atoms with Gasteiger partial charge < -0.3 is 20.9 Å². The highest BCUT2D eigenvalue weighted by Gasteiger charge is 2.19. The number of aliphatic carboxylic acids is 1. The van der Waals surface area contributed by atoms with Gasteiger partial charge in [-0.1, -0.05) is 198 Å². The van der Waals surface area contributed by atoms with E-state index in [4.69, 9.17) is 10.5 Å². The third-order valence-corrected chi connectivity index (χ3v) is 11.7. The summed E-state index contributed by atoms with van der Waals surface area (Å²) >= 11 is 0. The highest BCUT2D eigenvalue weighted by Crippen LogP contribution is 2.19. The minimum absolute atomic E-state index is 0.00688. The summed E-state index contributed by atoms with van der Waals surface area (Å²) in [6.45, 7) is 4.94. The highest BCUT2D eigenvalue weighted by molar-refractivity contribution is 5.83. The average Bonchev–Trinajstić information content (AvgIpc) is 3.23. The molecule has 7 heteroatoms. The molecule has 0 saturated heterocycles. The van der Waals surface area contributed by atoms with Crippen LogP contribution in [0.1, 0.15) is 264 Å². The van der Waals surface area contributed by atoms with Gasteiger partial charge in [0.25, 0.3) is 0 Å². The lowest BCUT2D eigenvalue weighted by Crippen LogP contribution is -2.40. The predicted molar refractivity (Wildman–Crippen MR) is 257 cm³/mol. The maximum Gasteiger partial charge on any atom is 0.326 e. The molecule has 1 amide bonds. The van der Waals surface area contributed by atoms with E-state index in [1.54, 1.807) is 0 Å². The minimum atomic E-state index is -1.00. The van der Waals surface area contributed by atoms with Crippen LogP contribution in [0.25, 0.3) is 0 Å². The number of carbonyl (C=O) groups excluding carboxylic acids is 2. The van der Waals surface area contributed by atoms with Crippen molar-refractivity contribution in [3.05, 3.63) is 36.5 Å². The molecule has 0 heterocycles. The first-order valence-corrected chi connectivity index (χ1v) is 25.8. The van der Waals surface area contributed by atoms with Crippen molar-refractivity contribution in [2.45, 2.75) is 276 Å². The fraction of sp³-hybridized carbons (Fsp3) is 0.830. The Morgan fingerprint density at radius 2 is 0.867 bits per heavy atom. The molecule has 0 rings (SSSR count). The molecular formula is C53H98N2O5. The zero-order valence-electron chi connectivity index (χ0n) is 39.6. The van der Waals surface area contributed by atoms with Crippen molar-refractivity contribution in [1.82, 2.24) is 5.32 Å². The molecule has 0 aromatic rings. The fourth-order valence-electron chi connectivity index (χ4n) is 7.81. The number of allylic oxidation sites excluding steroid dienone is 6. The number of amides is 1. The molecular weight excluding hydrogens is 745 g/mol. The normalized spacial score (nSPS) is 12.8. The summed E-state index contributed by atoms with van der Waals surface area (Å²) in [6.07, 6.45) is 57.7. The summed E-state index contributed by atoms with van der Waals surface area (Å²) in [5.74, 6) is -1.23. The Hall–Kier alpha value is -2.41. The monoisotopic (exact) mass is 843 g/mol. The second kappa shape index (κ2) is 47.6. The van der Waals surface area contributed by atoms with Crippen LogP contribution in [0.15, 0.2) is 36.5 Å². The van der Waals surface area contributed by atoms with Crippen LogP contribution in [-0.2, 0) is 19.1 Å². The lowest BCUT2D eigenvalue weighted by atomic mass is 10.0. The Labute approximate surface area is 371 Å². The Morgan fingerprint density at radius 3 is 1.33 bits per heavy atom. The molecule has 0 aromatic heterocycles. The summed E-state index contributed by atoms with van der Waals surface area (Å²) < 4.78 is 6.09. The summed E-state index contributed by atoms with van der Waals surface area (Å²) in [5.41, 5.74) is 5.50. The van der Waals surface area contributed by atoms with E-state index < -0.39 is 12.0 Å². The van der Waals surface area contributed by atoms with E-state index in [-0.39, 0.29) is 18.0 Å². The van der Waals surface area contributed by atoms with Crippen molar-refractivity contribution in [1.29, 1.82) is 0 Å². The van der Waals surface area contributed by atoms with E-state index in [2.05, 4.69) is 55.6 Å². The van der Waals surface area contributed by atoms with Gasteiger partial charge in [-0.25, -0.2) is 4.79 Å². The molecule has 350 valence electrons. The van der Waals surface area contributed by atoms with Crippen LogP contribution in [-0.4, -0.2) is 41.6 Å². The molecule has 4 N–H and O–H groups in total. The number of hydrogen-bond acceptors (Lipinski definition) is 5. The van der Waals surface area contributed by atoms with Crippen LogP contribution < -0.4 is 11.1 Å². The second-order valence-electron chi connectivity index (χ2n) is 17.6. The van der Waals surface area contributed by atoms with Crippen molar-refractivity contribution < 1.29 is 24.2 Å². The van der Waals surface area contributed by atoms with Gasteiger partial charge >= 0.3 is 11.9 Å². The number of carbonyl (C=O) groups is 3. The first-order chi connectivity index (χ1) is 29.4. The Balaban J connectivity index is 4.31. The number of hydrogen-bond donors (Lipinski definition) is 3.